The lowest BCUT2D eigenvalue weighted by atomic mass is 9.99. The van der Waals surface area contributed by atoms with Gasteiger partial charge in [0.15, 0.2) is 0 Å². The van der Waals surface area contributed by atoms with E-state index < -0.39 is 0 Å². The Morgan fingerprint density at radius 2 is 0.322 bits per heavy atom. The van der Waals surface area contributed by atoms with Crippen LogP contribution in [-0.4, -0.2) is 10.2 Å². The van der Waals surface area contributed by atoms with Gasteiger partial charge in [0.1, 0.15) is 11.5 Å². The number of unbranched alkanes of at least 4 members (excludes halogenated alkanes) is 60. The maximum atomic E-state index is 11.7. The first kappa shape index (κ1) is 81.5. The van der Waals surface area contributed by atoms with Crippen LogP contribution in [0.25, 0.3) is 0 Å². The van der Waals surface area contributed by atoms with Crippen LogP contribution in [-0.2, 0) is 25.7 Å². The molecule has 2 nitrogen and oxygen atoms in total. The lowest BCUT2D eigenvalue weighted by molar-refractivity contribution is 0.463. The van der Waals surface area contributed by atoms with Crippen molar-refractivity contribution in [1.82, 2.24) is 0 Å². The molecular formula is C84H154O2S. The SMILES string of the molecule is CCCCCCCCCCCCCCCCCCc1cc(Sc2cc(CCCCCCCCCCCCCCCCCC)c(O)cc2CCCCCCCCCCCCCCCCCC)c(CCCCCCCCCCCCCCCCCC)cc1O. The third kappa shape index (κ3) is 50.6. The molecule has 2 aromatic carbocycles. The van der Waals surface area contributed by atoms with E-state index in [1.807, 2.05) is 11.8 Å². The third-order valence-corrected chi connectivity index (χ3v) is 21.1. The summed E-state index contributed by atoms with van der Waals surface area (Å²) in [5.74, 6) is 1.05. The van der Waals surface area contributed by atoms with Gasteiger partial charge in [-0.1, -0.05) is 425 Å². The standard InChI is InChI=1S/C84H154O2S/c1-5-9-13-17-21-25-29-33-37-41-45-49-53-57-61-65-69-77-75-83(79(73-81(77)85)71-67-63-59-55-51-47-43-39-35-31-27-23-19-15-11-7-3)87-84-76-78(70-66-62-58-54-50-46-42-38-34-30-26-22-18-14-10-6-2)82(86)74-80(84)72-68-64-60-56-52-48-44-40-36-32-28-24-20-16-12-8-4/h73-76,85-86H,5-72H2,1-4H3. The Kier molecular flexibility index (Phi) is 60.4. The van der Waals surface area contributed by atoms with Gasteiger partial charge >= 0.3 is 0 Å². The van der Waals surface area contributed by atoms with Gasteiger partial charge in [-0.05, 0) is 97.9 Å². The molecule has 2 rings (SSSR count). The summed E-state index contributed by atoms with van der Waals surface area (Å²) in [6.45, 7) is 9.25. The average molecular weight is 1230 g/mol. The number of rotatable bonds is 70. The maximum Gasteiger partial charge on any atom is 0.119 e. The molecule has 0 fully saturated rings. The first-order valence-electron chi connectivity index (χ1n) is 40.4. The zero-order valence-electron chi connectivity index (χ0n) is 59.7. The minimum Gasteiger partial charge on any atom is -0.508 e. The molecule has 0 aromatic heterocycles. The van der Waals surface area contributed by atoms with Gasteiger partial charge in [-0.25, -0.2) is 0 Å². The highest BCUT2D eigenvalue weighted by molar-refractivity contribution is 7.99. The molecule has 508 valence electrons. The quantitative estimate of drug-likeness (QED) is 0.0649. The summed E-state index contributed by atoms with van der Waals surface area (Å²) in [5.41, 5.74) is 4.95. The topological polar surface area (TPSA) is 40.5 Å². The van der Waals surface area contributed by atoms with E-state index in [4.69, 9.17) is 0 Å². The van der Waals surface area contributed by atoms with E-state index in [2.05, 4.69) is 52.0 Å². The highest BCUT2D eigenvalue weighted by atomic mass is 32.2. The van der Waals surface area contributed by atoms with Crippen molar-refractivity contribution < 1.29 is 10.2 Å². The van der Waals surface area contributed by atoms with E-state index in [0.29, 0.717) is 11.5 Å². The number of benzene rings is 2. The third-order valence-electron chi connectivity index (χ3n) is 19.9. The number of hydrogen-bond acceptors (Lipinski definition) is 3. The van der Waals surface area contributed by atoms with Crippen molar-refractivity contribution in [2.75, 3.05) is 0 Å². The van der Waals surface area contributed by atoms with Crippen LogP contribution in [0.5, 0.6) is 11.5 Å². The van der Waals surface area contributed by atoms with Gasteiger partial charge in [0.25, 0.3) is 0 Å². The Labute approximate surface area is 550 Å². The Morgan fingerprint density at radius 1 is 0.184 bits per heavy atom. The molecule has 2 N–H and O–H groups in total. The molecule has 0 radical (unpaired) electrons. The summed E-state index contributed by atoms with van der Waals surface area (Å²) >= 11 is 1.97. The van der Waals surface area contributed by atoms with E-state index in [0.717, 1.165) is 49.7 Å². The first-order chi connectivity index (χ1) is 43.0. The van der Waals surface area contributed by atoms with Gasteiger partial charge in [0.2, 0.25) is 0 Å². The first-order valence-corrected chi connectivity index (χ1v) is 41.2. The highest BCUT2D eigenvalue weighted by Gasteiger charge is 2.17. The van der Waals surface area contributed by atoms with Crippen molar-refractivity contribution >= 4 is 11.8 Å². The van der Waals surface area contributed by atoms with Crippen LogP contribution in [0.4, 0.5) is 0 Å². The van der Waals surface area contributed by atoms with Crippen LogP contribution in [0.3, 0.4) is 0 Å². The predicted molar refractivity (Wildman–Crippen MR) is 393 cm³/mol. The molecule has 0 heterocycles. The molecule has 0 spiro atoms. The highest BCUT2D eigenvalue weighted by Crippen LogP contribution is 2.41. The van der Waals surface area contributed by atoms with Crippen molar-refractivity contribution in [2.45, 2.75) is 474 Å². The van der Waals surface area contributed by atoms with Crippen LogP contribution in [0, 0.1) is 0 Å². The zero-order chi connectivity index (χ0) is 62.2. The molecular weight excluding hydrogens is 1070 g/mol. The fourth-order valence-electron chi connectivity index (χ4n) is 13.9. The van der Waals surface area contributed by atoms with Crippen LogP contribution in [0.2, 0.25) is 0 Å². The number of phenols is 2. The molecule has 0 atom stereocenters. The van der Waals surface area contributed by atoms with Gasteiger partial charge in [-0.3, -0.25) is 0 Å². The summed E-state index contributed by atoms with van der Waals surface area (Å²) in [6.07, 6.45) is 92.6. The molecule has 3 heteroatoms. The summed E-state index contributed by atoms with van der Waals surface area (Å²) in [7, 11) is 0. The lowest BCUT2D eigenvalue weighted by Crippen LogP contribution is -1.98. The number of aromatic hydroxyl groups is 2. The van der Waals surface area contributed by atoms with Crippen LogP contribution in [0.15, 0.2) is 34.1 Å². The monoisotopic (exact) mass is 1230 g/mol. The van der Waals surface area contributed by atoms with Crippen molar-refractivity contribution in [3.8, 4) is 11.5 Å². The maximum absolute atomic E-state index is 11.7. The van der Waals surface area contributed by atoms with E-state index >= 15 is 0 Å². The van der Waals surface area contributed by atoms with Crippen LogP contribution in [0.1, 0.15) is 461 Å². The summed E-state index contributed by atoms with van der Waals surface area (Å²) < 4.78 is 0. The van der Waals surface area contributed by atoms with Gasteiger partial charge in [-0.2, -0.15) is 0 Å². The Hall–Kier alpha value is -1.61. The van der Waals surface area contributed by atoms with Crippen molar-refractivity contribution in [3.63, 3.8) is 0 Å². The molecule has 0 aliphatic rings. The van der Waals surface area contributed by atoms with Gasteiger partial charge in [0.05, 0.1) is 0 Å². The van der Waals surface area contributed by atoms with Crippen LogP contribution < -0.4 is 0 Å². The molecule has 0 saturated carbocycles. The fourth-order valence-corrected chi connectivity index (χ4v) is 15.1. The normalized spacial score (nSPS) is 11.7. The Morgan fingerprint density at radius 3 is 0.483 bits per heavy atom. The largest absolute Gasteiger partial charge is 0.508 e. The zero-order valence-corrected chi connectivity index (χ0v) is 60.5. The molecule has 87 heavy (non-hydrogen) atoms. The molecule has 0 aliphatic heterocycles. The summed E-state index contributed by atoms with van der Waals surface area (Å²) in [5, 5.41) is 23.4. The van der Waals surface area contributed by atoms with Gasteiger partial charge in [0, 0.05) is 9.79 Å². The number of hydrogen-bond donors (Lipinski definition) is 2. The van der Waals surface area contributed by atoms with E-state index in [1.165, 1.54) is 419 Å². The molecule has 0 amide bonds. The summed E-state index contributed by atoms with van der Waals surface area (Å²) in [4.78, 5) is 2.71. The van der Waals surface area contributed by atoms with E-state index in [1.54, 1.807) is 0 Å². The average Bonchev–Trinajstić information content (AvgIpc) is 3.72. The van der Waals surface area contributed by atoms with Crippen molar-refractivity contribution in [2.24, 2.45) is 0 Å². The predicted octanol–water partition coefficient (Wildman–Crippen LogP) is 30.5. The molecule has 0 unspecified atom stereocenters. The van der Waals surface area contributed by atoms with Gasteiger partial charge < -0.3 is 10.2 Å². The Bertz CT molecular complexity index is 1590. The Balaban J connectivity index is 2.05. The minimum atomic E-state index is 0.523. The fraction of sp³-hybridized carbons (Fsp3) is 0.857. The molecule has 2 aromatic rings. The second-order valence-corrected chi connectivity index (χ2v) is 29.6. The van der Waals surface area contributed by atoms with Gasteiger partial charge in [-0.15, -0.1) is 0 Å². The van der Waals surface area contributed by atoms with Crippen molar-refractivity contribution in [1.29, 1.82) is 0 Å². The lowest BCUT2D eigenvalue weighted by Gasteiger charge is -2.18. The number of aryl methyl sites for hydroxylation is 4. The van der Waals surface area contributed by atoms with Crippen molar-refractivity contribution in [3.05, 3.63) is 46.5 Å². The second-order valence-electron chi connectivity index (χ2n) is 28.5. The second kappa shape index (κ2) is 64.5. The molecule has 0 saturated heterocycles. The van der Waals surface area contributed by atoms with E-state index in [-0.39, 0.29) is 0 Å². The smallest absolute Gasteiger partial charge is 0.119 e. The number of phenolic OH excluding ortho intramolecular Hbond substituents is 2. The minimum absolute atomic E-state index is 0.523. The van der Waals surface area contributed by atoms with E-state index in [9.17, 15) is 10.2 Å². The summed E-state index contributed by atoms with van der Waals surface area (Å²) in [6, 6.07) is 9.19. The van der Waals surface area contributed by atoms with Crippen LogP contribution >= 0.6 is 11.8 Å². The molecule has 0 aliphatic carbocycles. The molecule has 0 bridgehead atoms.